The van der Waals surface area contributed by atoms with Crippen LogP contribution < -0.4 is 15.4 Å². The van der Waals surface area contributed by atoms with Crippen LogP contribution in [-0.4, -0.2) is 40.5 Å². The van der Waals surface area contributed by atoms with Crippen LogP contribution in [0.1, 0.15) is 12.8 Å². The van der Waals surface area contributed by atoms with E-state index >= 15 is 0 Å². The van der Waals surface area contributed by atoms with E-state index in [1.807, 2.05) is 6.20 Å². The van der Waals surface area contributed by atoms with E-state index in [2.05, 4.69) is 30.7 Å². The number of nitrogens with zero attached hydrogens (tertiary/aromatic N) is 3. The topological polar surface area (TPSA) is 134 Å². The predicted molar refractivity (Wildman–Crippen MR) is 129 cm³/mol. The average molecular weight is 500 g/mol. The molecule has 1 fully saturated rings. The Morgan fingerprint density at radius 1 is 1.21 bits per heavy atom. The SMILES string of the molecule is O=C(Nc1cccc(S(=O)(=O)Nc2cccc3c(Cl)c[nH]c23)c1)NC1CC(Cn2ccnn2)C1. The second-order valence-corrected chi connectivity index (χ2v) is 10.3. The van der Waals surface area contributed by atoms with Gasteiger partial charge in [-0.25, -0.2) is 13.2 Å². The largest absolute Gasteiger partial charge is 0.358 e. The minimum atomic E-state index is -3.90. The molecule has 2 aromatic heterocycles. The molecule has 0 aliphatic heterocycles. The van der Waals surface area contributed by atoms with Crippen molar-refractivity contribution in [3.63, 3.8) is 0 Å². The molecule has 0 unspecified atom stereocenters. The Morgan fingerprint density at radius 2 is 2.03 bits per heavy atom. The van der Waals surface area contributed by atoms with E-state index in [1.54, 1.807) is 47.4 Å². The van der Waals surface area contributed by atoms with E-state index in [0.29, 0.717) is 33.2 Å². The standard InChI is InChI=1S/C22H22ClN7O3S/c23-19-12-24-21-18(19)5-2-6-20(21)28-34(32,33)17-4-1-3-15(11-17)26-22(31)27-16-9-14(10-16)13-30-8-7-25-29-30/h1-8,11-12,14,16,24,28H,9-10,13H2,(H2,26,27,31). The molecule has 5 rings (SSSR count). The number of benzene rings is 2. The van der Waals surface area contributed by atoms with Crippen molar-refractivity contribution in [1.29, 1.82) is 0 Å². The molecule has 1 saturated carbocycles. The molecular formula is C22H22ClN7O3S. The lowest BCUT2D eigenvalue weighted by Crippen LogP contribution is -2.47. The highest BCUT2D eigenvalue weighted by atomic mass is 35.5. The highest BCUT2D eigenvalue weighted by Gasteiger charge is 2.30. The molecule has 0 spiro atoms. The van der Waals surface area contributed by atoms with Crippen molar-refractivity contribution in [2.45, 2.75) is 30.3 Å². The van der Waals surface area contributed by atoms with Crippen molar-refractivity contribution >= 4 is 49.9 Å². The number of para-hydroxylation sites is 1. The molecular weight excluding hydrogens is 478 g/mol. The fourth-order valence-corrected chi connectivity index (χ4v) is 5.43. The number of hydrogen-bond acceptors (Lipinski definition) is 5. The summed E-state index contributed by atoms with van der Waals surface area (Å²) in [5.41, 5.74) is 1.35. The summed E-state index contributed by atoms with van der Waals surface area (Å²) in [6, 6.07) is 11.0. The third kappa shape index (κ3) is 4.70. The summed E-state index contributed by atoms with van der Waals surface area (Å²) in [5, 5.41) is 14.6. The summed E-state index contributed by atoms with van der Waals surface area (Å²) in [6.45, 7) is 0.773. The first-order chi connectivity index (χ1) is 16.4. The van der Waals surface area contributed by atoms with Gasteiger partial charge in [0, 0.05) is 36.1 Å². The third-order valence-corrected chi connectivity index (χ3v) is 7.48. The number of urea groups is 1. The van der Waals surface area contributed by atoms with E-state index in [-0.39, 0.29) is 17.0 Å². The van der Waals surface area contributed by atoms with Gasteiger partial charge < -0.3 is 15.6 Å². The molecule has 4 N–H and O–H groups in total. The lowest BCUT2D eigenvalue weighted by molar-refractivity contribution is 0.190. The molecule has 10 nitrogen and oxygen atoms in total. The van der Waals surface area contributed by atoms with Crippen LogP contribution in [0.15, 0.2) is 66.0 Å². The second kappa shape index (κ2) is 8.99. The van der Waals surface area contributed by atoms with Gasteiger partial charge in [0.2, 0.25) is 0 Å². The fraction of sp³-hybridized carbons (Fsp3) is 0.227. The molecule has 0 saturated heterocycles. The Morgan fingerprint density at radius 3 is 2.82 bits per heavy atom. The van der Waals surface area contributed by atoms with E-state index in [1.165, 1.54) is 12.1 Å². The number of fused-ring (bicyclic) bond motifs is 1. The molecule has 1 aliphatic rings. The first-order valence-electron chi connectivity index (χ1n) is 10.7. The summed E-state index contributed by atoms with van der Waals surface area (Å²) in [4.78, 5) is 15.4. The van der Waals surface area contributed by atoms with Gasteiger partial charge >= 0.3 is 6.03 Å². The third-order valence-electron chi connectivity index (χ3n) is 5.80. The Kier molecular flexibility index (Phi) is 5.88. The van der Waals surface area contributed by atoms with Crippen molar-refractivity contribution in [2.75, 3.05) is 10.0 Å². The number of aromatic amines is 1. The summed E-state index contributed by atoms with van der Waals surface area (Å²) in [7, 11) is -3.90. The van der Waals surface area contributed by atoms with Crippen LogP contribution in [0.25, 0.3) is 10.9 Å². The van der Waals surface area contributed by atoms with Gasteiger partial charge in [0.25, 0.3) is 10.0 Å². The number of sulfonamides is 1. The smallest absolute Gasteiger partial charge is 0.319 e. The maximum atomic E-state index is 13.0. The molecule has 34 heavy (non-hydrogen) atoms. The van der Waals surface area contributed by atoms with Crippen molar-refractivity contribution in [1.82, 2.24) is 25.3 Å². The average Bonchev–Trinajstić information content (AvgIpc) is 3.43. The van der Waals surface area contributed by atoms with Crippen molar-refractivity contribution in [3.8, 4) is 0 Å². The molecule has 4 aromatic rings. The van der Waals surface area contributed by atoms with Crippen molar-refractivity contribution < 1.29 is 13.2 Å². The molecule has 0 atom stereocenters. The Bertz CT molecular complexity index is 1430. The number of rotatable bonds is 7. The summed E-state index contributed by atoms with van der Waals surface area (Å²) >= 11 is 6.13. The maximum absolute atomic E-state index is 13.0. The first-order valence-corrected chi connectivity index (χ1v) is 12.5. The van der Waals surface area contributed by atoms with Gasteiger partial charge in [0.05, 0.1) is 27.3 Å². The van der Waals surface area contributed by atoms with Crippen LogP contribution in [0.2, 0.25) is 5.02 Å². The zero-order chi connectivity index (χ0) is 23.7. The zero-order valence-electron chi connectivity index (χ0n) is 17.9. The van der Waals surface area contributed by atoms with Crippen molar-refractivity contribution in [3.05, 3.63) is 66.1 Å². The Hall–Kier alpha value is -3.57. The maximum Gasteiger partial charge on any atom is 0.319 e. The summed E-state index contributed by atoms with van der Waals surface area (Å²) in [5.74, 6) is 0.436. The molecule has 2 amide bonds. The number of halogens is 1. The number of aromatic nitrogens is 4. The molecule has 2 aromatic carbocycles. The highest BCUT2D eigenvalue weighted by molar-refractivity contribution is 7.92. The predicted octanol–water partition coefficient (Wildman–Crippen LogP) is 3.81. The minimum absolute atomic E-state index is 0.0245. The normalized spacial score (nSPS) is 17.8. The van der Waals surface area contributed by atoms with E-state index in [9.17, 15) is 13.2 Å². The van der Waals surface area contributed by atoms with Gasteiger partial charge in [-0.15, -0.1) is 5.10 Å². The molecule has 12 heteroatoms. The van der Waals surface area contributed by atoms with E-state index < -0.39 is 10.0 Å². The first kappa shape index (κ1) is 22.2. The van der Waals surface area contributed by atoms with Gasteiger partial charge in [-0.2, -0.15) is 0 Å². The molecule has 0 radical (unpaired) electrons. The number of carbonyl (C=O) groups excluding carboxylic acids is 1. The van der Waals surface area contributed by atoms with E-state index in [0.717, 1.165) is 19.4 Å². The second-order valence-electron chi connectivity index (χ2n) is 8.26. The van der Waals surface area contributed by atoms with Gasteiger partial charge in [0.15, 0.2) is 0 Å². The quantitative estimate of drug-likeness (QED) is 0.307. The Balaban J connectivity index is 1.20. The van der Waals surface area contributed by atoms with Crippen LogP contribution in [0.4, 0.5) is 16.2 Å². The Labute approximate surface area is 200 Å². The van der Waals surface area contributed by atoms with Crippen molar-refractivity contribution in [2.24, 2.45) is 5.92 Å². The molecule has 0 bridgehead atoms. The zero-order valence-corrected chi connectivity index (χ0v) is 19.5. The number of H-pyrrole nitrogens is 1. The summed E-state index contributed by atoms with van der Waals surface area (Å²) in [6.07, 6.45) is 6.75. The van der Waals surface area contributed by atoms with Gasteiger partial charge in [-0.05, 0) is 43.0 Å². The number of carbonyl (C=O) groups is 1. The van der Waals surface area contributed by atoms with Gasteiger partial charge in [0.1, 0.15) is 0 Å². The number of anilines is 2. The fourth-order valence-electron chi connectivity index (χ4n) is 4.10. The number of hydrogen-bond donors (Lipinski definition) is 4. The van der Waals surface area contributed by atoms with Crippen LogP contribution >= 0.6 is 11.6 Å². The molecule has 176 valence electrons. The number of nitrogens with one attached hydrogen (secondary N) is 4. The van der Waals surface area contributed by atoms with Crippen LogP contribution in [0.3, 0.4) is 0 Å². The number of amides is 2. The lowest BCUT2D eigenvalue weighted by atomic mass is 9.80. The minimum Gasteiger partial charge on any atom is -0.358 e. The molecule has 1 aliphatic carbocycles. The van der Waals surface area contributed by atoms with Gasteiger partial charge in [-0.3, -0.25) is 9.40 Å². The lowest BCUT2D eigenvalue weighted by Gasteiger charge is -2.35. The van der Waals surface area contributed by atoms with Crippen LogP contribution in [-0.2, 0) is 16.6 Å². The molecule has 2 heterocycles. The van der Waals surface area contributed by atoms with Gasteiger partial charge in [-0.1, -0.05) is 35.0 Å². The van der Waals surface area contributed by atoms with Crippen LogP contribution in [0.5, 0.6) is 0 Å². The van der Waals surface area contributed by atoms with Crippen LogP contribution in [0, 0.1) is 5.92 Å². The highest BCUT2D eigenvalue weighted by Crippen LogP contribution is 2.31. The van der Waals surface area contributed by atoms with E-state index in [4.69, 9.17) is 11.6 Å². The summed E-state index contributed by atoms with van der Waals surface area (Å²) < 4.78 is 30.4. The monoisotopic (exact) mass is 499 g/mol.